The monoisotopic (exact) mass is 713 g/mol. The summed E-state index contributed by atoms with van der Waals surface area (Å²) in [5.41, 5.74) is 3.40. The molecule has 49 heavy (non-hydrogen) atoms. The van der Waals surface area contributed by atoms with Crippen LogP contribution in [0.25, 0.3) is 0 Å². The first-order valence-electron chi connectivity index (χ1n) is 18.1. The number of carbonyl (C=O) groups excluding carboxylic acids is 1. The van der Waals surface area contributed by atoms with E-state index in [1.165, 1.54) is 5.56 Å². The van der Waals surface area contributed by atoms with Crippen LogP contribution in [0.4, 0.5) is 5.69 Å². The Bertz CT molecular complexity index is 1580. The van der Waals surface area contributed by atoms with Crippen LogP contribution < -0.4 is 14.4 Å². The number of rotatable bonds is 5. The van der Waals surface area contributed by atoms with Crippen molar-refractivity contribution in [1.82, 2.24) is 9.62 Å². The van der Waals surface area contributed by atoms with E-state index in [1.54, 1.807) is 13.0 Å². The zero-order chi connectivity index (χ0) is 34.4. The summed E-state index contributed by atoms with van der Waals surface area (Å²) in [5, 5.41) is -0.0380. The van der Waals surface area contributed by atoms with Gasteiger partial charge in [0.25, 0.3) is 5.91 Å². The highest BCUT2D eigenvalue weighted by molar-refractivity contribution is 7.90. The van der Waals surface area contributed by atoms with Crippen molar-refractivity contribution in [3.8, 4) is 5.75 Å². The summed E-state index contributed by atoms with van der Waals surface area (Å²) >= 11 is 6.37. The number of sulfonamides is 1. The van der Waals surface area contributed by atoms with Crippen molar-refractivity contribution in [2.45, 2.75) is 76.8 Å². The number of carbonyl (C=O) groups is 1. The summed E-state index contributed by atoms with van der Waals surface area (Å²) in [6.07, 6.45) is 10.8. The van der Waals surface area contributed by atoms with Gasteiger partial charge in [-0.05, 0) is 111 Å². The van der Waals surface area contributed by atoms with Crippen LogP contribution in [0.2, 0.25) is 5.02 Å². The number of morpholine rings is 1. The van der Waals surface area contributed by atoms with Crippen molar-refractivity contribution < 1.29 is 27.4 Å². The van der Waals surface area contributed by atoms with Crippen LogP contribution in [-0.2, 0) is 32.5 Å². The predicted molar refractivity (Wildman–Crippen MR) is 194 cm³/mol. The molecule has 4 aliphatic rings. The quantitative estimate of drug-likeness (QED) is 0.288. The molecule has 2 fully saturated rings. The van der Waals surface area contributed by atoms with Crippen molar-refractivity contribution in [1.29, 1.82) is 0 Å². The number of nitrogens with zero attached hydrogens (tertiary/aromatic N) is 2. The number of halogens is 1. The van der Waals surface area contributed by atoms with E-state index in [4.69, 9.17) is 25.8 Å². The smallest absolute Gasteiger partial charge is 0.264 e. The molecule has 0 spiro atoms. The molecule has 0 aromatic heterocycles. The fourth-order valence-corrected chi connectivity index (χ4v) is 8.96. The Kier molecular flexibility index (Phi) is 12.2. The first-order chi connectivity index (χ1) is 23.7. The van der Waals surface area contributed by atoms with Gasteiger partial charge in [-0.2, -0.15) is 0 Å². The third-order valence-corrected chi connectivity index (χ3v) is 13.1. The largest absolute Gasteiger partial charge is 0.487 e. The Morgan fingerprint density at radius 3 is 2.65 bits per heavy atom. The van der Waals surface area contributed by atoms with E-state index in [1.807, 2.05) is 37.3 Å². The topological polar surface area (TPSA) is 97.4 Å². The van der Waals surface area contributed by atoms with Crippen molar-refractivity contribution in [2.24, 2.45) is 17.8 Å². The molecule has 2 bridgehead atoms. The van der Waals surface area contributed by atoms with Gasteiger partial charge in [-0.25, -0.2) is 13.1 Å². The second kappa shape index (κ2) is 16.6. The van der Waals surface area contributed by atoms with Gasteiger partial charge in [-0.15, -0.1) is 0 Å². The minimum Gasteiger partial charge on any atom is -0.487 e. The number of anilines is 1. The number of fused-ring (bicyclic) bond motifs is 3. The molecule has 0 radical (unpaired) electrons. The molecule has 268 valence electrons. The van der Waals surface area contributed by atoms with Crippen molar-refractivity contribution >= 4 is 33.2 Å². The molecule has 5 unspecified atom stereocenters. The molecule has 1 N–H and O–H groups in total. The molecule has 5 atom stereocenters. The number of amides is 1. The molecule has 6 rings (SSSR count). The number of hydrogen-bond acceptors (Lipinski definition) is 8. The Labute approximate surface area is 297 Å². The van der Waals surface area contributed by atoms with Gasteiger partial charge in [-0.3, -0.25) is 9.69 Å². The van der Waals surface area contributed by atoms with Gasteiger partial charge in [0, 0.05) is 49.9 Å². The van der Waals surface area contributed by atoms with E-state index in [0.717, 1.165) is 101 Å². The first-order valence-corrected chi connectivity index (χ1v) is 20.0. The summed E-state index contributed by atoms with van der Waals surface area (Å²) in [6.45, 7) is 10.8. The van der Waals surface area contributed by atoms with Gasteiger partial charge in [0.15, 0.2) is 0 Å². The van der Waals surface area contributed by atoms with E-state index < -0.39 is 21.2 Å². The van der Waals surface area contributed by atoms with Crippen molar-refractivity contribution in [2.75, 3.05) is 57.4 Å². The normalized spacial score (nSPS) is 28.8. The summed E-state index contributed by atoms with van der Waals surface area (Å²) in [5.74, 6) is 0.625. The highest BCUT2D eigenvalue weighted by atomic mass is 35.5. The molecular formula is C38H52ClN3O6S. The number of nitrogens with one attached hydrogen (secondary N) is 1. The lowest BCUT2D eigenvalue weighted by molar-refractivity contribution is -0.0201. The predicted octanol–water partition coefficient (Wildman–Crippen LogP) is 6.24. The second-order valence-electron chi connectivity index (χ2n) is 14.3. The zero-order valence-electron chi connectivity index (χ0n) is 28.9. The van der Waals surface area contributed by atoms with Crippen molar-refractivity contribution in [3.05, 3.63) is 70.3 Å². The van der Waals surface area contributed by atoms with Crippen LogP contribution in [-0.4, -0.2) is 83.1 Å². The second-order valence-corrected chi connectivity index (χ2v) is 16.7. The molecular weight excluding hydrogens is 662 g/mol. The Balaban J connectivity index is 1.29. The van der Waals surface area contributed by atoms with Crippen LogP contribution in [0, 0.1) is 17.8 Å². The molecule has 1 saturated carbocycles. The molecule has 2 aromatic carbocycles. The summed E-state index contributed by atoms with van der Waals surface area (Å²) < 4.78 is 47.8. The zero-order valence-corrected chi connectivity index (χ0v) is 30.5. The fourth-order valence-electron chi connectivity index (χ4n) is 7.48. The van der Waals surface area contributed by atoms with Gasteiger partial charge in [0.1, 0.15) is 12.4 Å². The third kappa shape index (κ3) is 9.19. The van der Waals surface area contributed by atoms with Crippen LogP contribution in [0.5, 0.6) is 5.75 Å². The number of benzene rings is 2. The molecule has 2 aromatic rings. The fraction of sp³-hybridized carbons (Fsp3) is 0.605. The maximum absolute atomic E-state index is 13.5. The molecule has 3 aliphatic heterocycles. The molecule has 11 heteroatoms. The Hall–Kier alpha value is -2.63. The minimum atomic E-state index is -3.92. The van der Waals surface area contributed by atoms with Gasteiger partial charge in [-0.1, -0.05) is 36.7 Å². The van der Waals surface area contributed by atoms with Gasteiger partial charge >= 0.3 is 0 Å². The van der Waals surface area contributed by atoms with Crippen LogP contribution >= 0.6 is 11.6 Å². The molecule has 9 nitrogen and oxygen atoms in total. The standard InChI is InChI=1S/C38H52ClN3O6S/c1-27-7-5-9-36(47-20-6-16-41-18-21-46-22-19-41)34-14-11-31(34)25-42-17-4-3-8-29-23-33(39)13-10-32(29)26-48-37-15-12-30(24-35(37)42)38(43)40-49(44,45)28(27)2/h5,9-10,12-13,15,23-24,27-28,31,34,36H,3-4,6-8,11,14,16-22,25-26H2,1-2H3,(H,40,43)/b9-5+. The van der Waals surface area contributed by atoms with Crippen LogP contribution in [0.1, 0.15) is 73.9 Å². The SMILES string of the molecule is CC1C/C=C/C(OCCCN2CCOCC2)C2CCC2CN2CCCCc3cc(Cl)ccc3COc3ccc(cc32)C(=O)NS(=O)(=O)C1C. The van der Waals surface area contributed by atoms with E-state index >= 15 is 0 Å². The maximum Gasteiger partial charge on any atom is 0.264 e. The molecule has 1 aliphatic carbocycles. The van der Waals surface area contributed by atoms with Crippen molar-refractivity contribution in [3.63, 3.8) is 0 Å². The molecule has 3 heterocycles. The van der Waals surface area contributed by atoms with Gasteiger partial charge < -0.3 is 19.1 Å². The van der Waals surface area contributed by atoms with E-state index in [2.05, 4.69) is 26.7 Å². The highest BCUT2D eigenvalue weighted by Gasteiger charge is 2.38. The average molecular weight is 714 g/mol. The van der Waals surface area contributed by atoms with Crippen LogP contribution in [0.3, 0.4) is 0 Å². The lowest BCUT2D eigenvalue weighted by atomic mass is 9.70. The number of hydrogen-bond donors (Lipinski definition) is 1. The Morgan fingerprint density at radius 2 is 1.86 bits per heavy atom. The lowest BCUT2D eigenvalue weighted by Gasteiger charge is -2.44. The number of allylic oxidation sites excluding steroid dienone is 1. The maximum atomic E-state index is 13.5. The van der Waals surface area contributed by atoms with Gasteiger partial charge in [0.05, 0.1) is 30.3 Å². The summed E-state index contributed by atoms with van der Waals surface area (Å²) in [6, 6.07) is 11.2. The average Bonchev–Trinajstić information content (AvgIpc) is 3.11. The van der Waals surface area contributed by atoms with E-state index in [9.17, 15) is 13.2 Å². The minimum absolute atomic E-state index is 0.0413. The lowest BCUT2D eigenvalue weighted by Crippen LogP contribution is -2.44. The molecule has 1 saturated heterocycles. The summed E-state index contributed by atoms with van der Waals surface area (Å²) in [4.78, 5) is 18.3. The first kappa shape index (κ1) is 36.2. The van der Waals surface area contributed by atoms with E-state index in [0.29, 0.717) is 42.8 Å². The van der Waals surface area contributed by atoms with Gasteiger partial charge in [0.2, 0.25) is 10.0 Å². The highest BCUT2D eigenvalue weighted by Crippen LogP contribution is 2.42. The molecule has 1 amide bonds. The number of aryl methyl sites for hydroxylation is 1. The van der Waals surface area contributed by atoms with Crippen LogP contribution in [0.15, 0.2) is 48.6 Å². The van der Waals surface area contributed by atoms with E-state index in [-0.39, 0.29) is 12.0 Å². The summed E-state index contributed by atoms with van der Waals surface area (Å²) in [7, 11) is -3.92. The number of ether oxygens (including phenoxy) is 3. The third-order valence-electron chi connectivity index (χ3n) is 11.0. The Morgan fingerprint density at radius 1 is 1.02 bits per heavy atom.